The molecule has 1 N–H and O–H groups in total. The first-order valence-electron chi connectivity index (χ1n) is 4.50. The van der Waals surface area contributed by atoms with Crippen molar-refractivity contribution in [2.75, 3.05) is 5.75 Å². The number of thioether (sulfide) groups is 1. The summed E-state index contributed by atoms with van der Waals surface area (Å²) in [5.74, 6) is -0.724. The number of hydrogen-bond donors (Lipinski definition) is 1. The maximum Gasteiger partial charge on any atom is 0.313 e. The maximum absolute atomic E-state index is 10.4. The summed E-state index contributed by atoms with van der Waals surface area (Å²) in [5, 5.41) is 9.38. The van der Waals surface area contributed by atoms with Crippen LogP contribution in [0.5, 0.6) is 0 Å². The van der Waals surface area contributed by atoms with Crippen molar-refractivity contribution in [3.05, 3.63) is 12.4 Å². The Balaban J connectivity index is 2.10. The molecule has 0 aliphatic heterocycles. The van der Waals surface area contributed by atoms with Crippen molar-refractivity contribution in [2.45, 2.75) is 30.5 Å². The first-order chi connectivity index (χ1) is 6.62. The van der Waals surface area contributed by atoms with Gasteiger partial charge < -0.3 is 9.67 Å². The Bertz CT molecular complexity index is 357. The summed E-state index contributed by atoms with van der Waals surface area (Å²) in [4.78, 5) is 14.6. The normalized spacial score (nSPS) is 18.1. The summed E-state index contributed by atoms with van der Waals surface area (Å²) in [7, 11) is 0. The molecule has 2 rings (SSSR count). The average Bonchev–Trinajstić information content (AvgIpc) is 2.70. The molecule has 0 unspecified atom stereocenters. The second kappa shape index (κ2) is 3.31. The molecule has 1 aliphatic rings. The number of hydrogen-bond acceptors (Lipinski definition) is 3. The largest absolute Gasteiger partial charge is 0.481 e. The predicted octanol–water partition coefficient (Wildman–Crippen LogP) is 1.57. The van der Waals surface area contributed by atoms with Crippen molar-refractivity contribution >= 4 is 17.7 Å². The first kappa shape index (κ1) is 9.58. The molecule has 1 heterocycles. The van der Waals surface area contributed by atoms with Crippen LogP contribution >= 0.6 is 11.8 Å². The van der Waals surface area contributed by atoms with E-state index in [1.165, 1.54) is 11.8 Å². The van der Waals surface area contributed by atoms with Gasteiger partial charge in [-0.05, 0) is 19.8 Å². The second-order valence-corrected chi connectivity index (χ2v) is 4.70. The van der Waals surface area contributed by atoms with Crippen molar-refractivity contribution in [1.82, 2.24) is 9.55 Å². The van der Waals surface area contributed by atoms with E-state index in [0.29, 0.717) is 0 Å². The van der Waals surface area contributed by atoms with Gasteiger partial charge in [0, 0.05) is 17.9 Å². The Morgan fingerprint density at radius 3 is 3.07 bits per heavy atom. The summed E-state index contributed by atoms with van der Waals surface area (Å²) in [5.41, 5.74) is 0.192. The molecule has 0 bridgehead atoms. The number of rotatable bonds is 4. The average molecular weight is 212 g/mol. The van der Waals surface area contributed by atoms with Crippen LogP contribution in [0, 0.1) is 0 Å². The van der Waals surface area contributed by atoms with Crippen molar-refractivity contribution < 1.29 is 9.90 Å². The Morgan fingerprint density at radius 2 is 2.50 bits per heavy atom. The number of aromatic nitrogens is 2. The Kier molecular flexibility index (Phi) is 2.26. The highest BCUT2D eigenvalue weighted by Gasteiger charge is 2.40. The third-order valence-corrected chi connectivity index (χ3v) is 3.44. The van der Waals surface area contributed by atoms with Crippen LogP contribution in [-0.4, -0.2) is 26.4 Å². The van der Waals surface area contributed by atoms with E-state index in [0.717, 1.165) is 18.0 Å². The third kappa shape index (κ3) is 1.77. The van der Waals surface area contributed by atoms with Gasteiger partial charge in [0.2, 0.25) is 0 Å². The zero-order valence-electron chi connectivity index (χ0n) is 7.93. The maximum atomic E-state index is 10.4. The SMILES string of the molecule is CC1(n2ccnc2SCC(=O)O)CC1. The molecule has 0 amide bonds. The minimum atomic E-state index is -0.800. The van der Waals surface area contributed by atoms with Gasteiger partial charge in [-0.15, -0.1) is 0 Å². The molecule has 14 heavy (non-hydrogen) atoms. The third-order valence-electron chi connectivity index (χ3n) is 2.49. The molecule has 1 fully saturated rings. The number of carboxylic acids is 1. The molecule has 5 heteroatoms. The zero-order valence-corrected chi connectivity index (χ0v) is 8.75. The van der Waals surface area contributed by atoms with Crippen LogP contribution in [0.2, 0.25) is 0 Å². The molecule has 76 valence electrons. The van der Waals surface area contributed by atoms with Crippen LogP contribution in [-0.2, 0) is 10.3 Å². The van der Waals surface area contributed by atoms with Crippen LogP contribution in [0.15, 0.2) is 17.6 Å². The van der Waals surface area contributed by atoms with E-state index in [9.17, 15) is 4.79 Å². The lowest BCUT2D eigenvalue weighted by molar-refractivity contribution is -0.133. The second-order valence-electron chi connectivity index (χ2n) is 3.76. The highest BCUT2D eigenvalue weighted by molar-refractivity contribution is 7.99. The van der Waals surface area contributed by atoms with Crippen LogP contribution in [0.4, 0.5) is 0 Å². The van der Waals surface area contributed by atoms with Crippen LogP contribution in [0.25, 0.3) is 0 Å². The van der Waals surface area contributed by atoms with E-state index in [1.807, 2.05) is 6.20 Å². The fourth-order valence-corrected chi connectivity index (χ4v) is 2.16. The van der Waals surface area contributed by atoms with Gasteiger partial charge in [0.15, 0.2) is 5.16 Å². The highest BCUT2D eigenvalue weighted by Crippen LogP contribution is 2.44. The van der Waals surface area contributed by atoms with Crippen molar-refractivity contribution in [1.29, 1.82) is 0 Å². The zero-order chi connectivity index (χ0) is 10.2. The summed E-state index contributed by atoms with van der Waals surface area (Å²) in [6.07, 6.45) is 5.97. The smallest absolute Gasteiger partial charge is 0.313 e. The Labute approximate surface area is 86.3 Å². The summed E-state index contributed by atoms with van der Waals surface area (Å²) < 4.78 is 2.08. The van der Waals surface area contributed by atoms with E-state index in [1.54, 1.807) is 6.20 Å². The first-order valence-corrected chi connectivity index (χ1v) is 5.49. The van der Waals surface area contributed by atoms with Gasteiger partial charge >= 0.3 is 5.97 Å². The summed E-state index contributed by atoms with van der Waals surface area (Å²) in [6.45, 7) is 2.17. The summed E-state index contributed by atoms with van der Waals surface area (Å²) >= 11 is 1.28. The molecule has 0 aromatic carbocycles. The van der Waals surface area contributed by atoms with E-state index in [2.05, 4.69) is 16.5 Å². The van der Waals surface area contributed by atoms with Gasteiger partial charge in [-0.3, -0.25) is 4.79 Å². The topological polar surface area (TPSA) is 55.1 Å². The number of carboxylic acid groups (broad SMARTS) is 1. The molecule has 0 atom stereocenters. The number of nitrogens with zero attached hydrogens (tertiary/aromatic N) is 2. The van der Waals surface area contributed by atoms with Gasteiger partial charge in [0.1, 0.15) is 0 Å². The Morgan fingerprint density at radius 1 is 1.79 bits per heavy atom. The van der Waals surface area contributed by atoms with Crippen LogP contribution < -0.4 is 0 Å². The highest BCUT2D eigenvalue weighted by atomic mass is 32.2. The lowest BCUT2D eigenvalue weighted by Crippen LogP contribution is -2.13. The molecule has 1 aromatic rings. The van der Waals surface area contributed by atoms with Gasteiger partial charge in [0.05, 0.1) is 5.75 Å². The lowest BCUT2D eigenvalue weighted by Gasteiger charge is -2.13. The number of carbonyl (C=O) groups is 1. The Hall–Kier alpha value is -0.970. The molecular weight excluding hydrogens is 200 g/mol. The predicted molar refractivity (Wildman–Crippen MR) is 53.5 cm³/mol. The number of imidazole rings is 1. The van der Waals surface area contributed by atoms with Crippen molar-refractivity contribution in [2.24, 2.45) is 0 Å². The van der Waals surface area contributed by atoms with Crippen LogP contribution in [0.1, 0.15) is 19.8 Å². The quantitative estimate of drug-likeness (QED) is 0.770. The molecule has 0 radical (unpaired) electrons. The van der Waals surface area contributed by atoms with Gasteiger partial charge in [0.25, 0.3) is 0 Å². The van der Waals surface area contributed by atoms with Gasteiger partial charge in [-0.25, -0.2) is 4.98 Å². The molecule has 4 nitrogen and oxygen atoms in total. The molecule has 0 saturated heterocycles. The fourth-order valence-electron chi connectivity index (χ4n) is 1.36. The van der Waals surface area contributed by atoms with Crippen LogP contribution in [0.3, 0.4) is 0 Å². The van der Waals surface area contributed by atoms with Gasteiger partial charge in [-0.1, -0.05) is 11.8 Å². The summed E-state index contributed by atoms with van der Waals surface area (Å²) in [6, 6.07) is 0. The van der Waals surface area contributed by atoms with Gasteiger partial charge in [-0.2, -0.15) is 0 Å². The molecule has 1 saturated carbocycles. The molecular formula is C9H12N2O2S. The van der Waals surface area contributed by atoms with E-state index < -0.39 is 5.97 Å². The lowest BCUT2D eigenvalue weighted by atomic mass is 10.3. The molecule has 0 spiro atoms. The van der Waals surface area contributed by atoms with E-state index in [-0.39, 0.29) is 11.3 Å². The van der Waals surface area contributed by atoms with Crippen molar-refractivity contribution in [3.63, 3.8) is 0 Å². The fraction of sp³-hybridized carbons (Fsp3) is 0.556. The standard InChI is InChI=1S/C9H12N2O2S/c1-9(2-3-9)11-5-4-10-8(11)14-6-7(12)13/h4-5H,2-3,6H2,1H3,(H,12,13). The molecule has 1 aliphatic carbocycles. The van der Waals surface area contributed by atoms with Crippen molar-refractivity contribution in [3.8, 4) is 0 Å². The minimum absolute atomic E-state index is 0.0765. The minimum Gasteiger partial charge on any atom is -0.481 e. The van der Waals surface area contributed by atoms with E-state index in [4.69, 9.17) is 5.11 Å². The monoisotopic (exact) mass is 212 g/mol. The number of aliphatic carboxylic acids is 1. The van der Waals surface area contributed by atoms with E-state index >= 15 is 0 Å². The molecule has 1 aromatic heterocycles.